The maximum absolute atomic E-state index is 12.0. The Balaban J connectivity index is 2.63. The highest BCUT2D eigenvalue weighted by Gasteiger charge is 2.16. The van der Waals surface area contributed by atoms with E-state index in [-0.39, 0.29) is 18.4 Å². The van der Waals surface area contributed by atoms with E-state index in [1.807, 2.05) is 6.07 Å². The van der Waals surface area contributed by atoms with E-state index in [0.717, 1.165) is 5.56 Å². The smallest absolute Gasteiger partial charge is 0.225 e. The lowest BCUT2D eigenvalue weighted by atomic mass is 10.2. The lowest BCUT2D eigenvalue weighted by molar-refractivity contribution is -0.132. The van der Waals surface area contributed by atoms with Crippen molar-refractivity contribution in [3.05, 3.63) is 33.8 Å². The zero-order valence-electron chi connectivity index (χ0n) is 11.0. The molecule has 0 spiro atoms. The van der Waals surface area contributed by atoms with Crippen LogP contribution in [0.3, 0.4) is 0 Å². The molecule has 0 heterocycles. The van der Waals surface area contributed by atoms with Crippen LogP contribution in [0, 0.1) is 0 Å². The predicted molar refractivity (Wildman–Crippen MR) is 77.4 cm³/mol. The Bertz CT molecular complexity index is 437. The molecule has 1 aromatic carbocycles. The Morgan fingerprint density at radius 2 is 2.16 bits per heavy atom. The Hall–Kier alpha value is -0.810. The van der Waals surface area contributed by atoms with Gasteiger partial charge in [-0.05, 0) is 17.7 Å². The van der Waals surface area contributed by atoms with Crippen molar-refractivity contribution >= 4 is 29.1 Å². The van der Waals surface area contributed by atoms with Gasteiger partial charge in [-0.2, -0.15) is 0 Å². The molecule has 19 heavy (non-hydrogen) atoms. The summed E-state index contributed by atoms with van der Waals surface area (Å²) in [6, 6.07) is 5.22. The van der Waals surface area contributed by atoms with Gasteiger partial charge in [0.1, 0.15) is 0 Å². The number of carbonyl (C=O) groups is 1. The van der Waals surface area contributed by atoms with Crippen molar-refractivity contribution in [3.63, 3.8) is 0 Å². The summed E-state index contributed by atoms with van der Waals surface area (Å²) in [6.07, 6.45) is 0.00460. The van der Waals surface area contributed by atoms with Gasteiger partial charge in [0.15, 0.2) is 0 Å². The minimum atomic E-state index is -0.254. The second-order valence-corrected chi connectivity index (χ2v) is 5.13. The standard InChI is InChI=1S/C13H18Cl2N2O2/c1-17(13(18)6-11(7-16)19-2)8-9-3-4-10(14)5-12(9)15/h3-5,11H,6-8,16H2,1-2H3. The molecular weight excluding hydrogens is 287 g/mol. The van der Waals surface area contributed by atoms with Crippen molar-refractivity contribution in [1.29, 1.82) is 0 Å². The lowest BCUT2D eigenvalue weighted by Crippen LogP contribution is -2.33. The first-order chi connectivity index (χ1) is 8.97. The molecule has 2 N–H and O–H groups in total. The average molecular weight is 305 g/mol. The fourth-order valence-corrected chi connectivity index (χ4v) is 2.08. The van der Waals surface area contributed by atoms with Crippen molar-refractivity contribution in [2.75, 3.05) is 20.7 Å². The third-order valence-corrected chi connectivity index (χ3v) is 3.43. The molecule has 1 atom stereocenters. The Labute approximate surface area is 123 Å². The zero-order chi connectivity index (χ0) is 14.4. The quantitative estimate of drug-likeness (QED) is 0.877. The third kappa shape index (κ3) is 4.99. The summed E-state index contributed by atoms with van der Waals surface area (Å²) >= 11 is 11.9. The van der Waals surface area contributed by atoms with Crippen LogP contribution in [0.1, 0.15) is 12.0 Å². The van der Waals surface area contributed by atoms with E-state index in [0.29, 0.717) is 23.1 Å². The average Bonchev–Trinajstić information content (AvgIpc) is 2.38. The lowest BCUT2D eigenvalue weighted by Gasteiger charge is -2.20. The summed E-state index contributed by atoms with van der Waals surface area (Å²) in [7, 11) is 3.26. The highest BCUT2D eigenvalue weighted by Crippen LogP contribution is 2.22. The van der Waals surface area contributed by atoms with E-state index in [1.165, 1.54) is 0 Å². The molecule has 0 aliphatic carbocycles. The molecule has 4 nitrogen and oxygen atoms in total. The third-order valence-electron chi connectivity index (χ3n) is 2.85. The number of ether oxygens (including phenoxy) is 1. The number of nitrogens with two attached hydrogens (primary N) is 1. The van der Waals surface area contributed by atoms with Crippen molar-refractivity contribution in [2.24, 2.45) is 5.73 Å². The largest absolute Gasteiger partial charge is 0.380 e. The van der Waals surface area contributed by atoms with E-state index < -0.39 is 0 Å². The predicted octanol–water partition coefficient (Wildman–Crippen LogP) is 2.32. The van der Waals surface area contributed by atoms with E-state index in [9.17, 15) is 4.79 Å². The van der Waals surface area contributed by atoms with Crippen molar-refractivity contribution in [3.8, 4) is 0 Å². The number of nitrogens with zero attached hydrogens (tertiary/aromatic N) is 1. The summed E-state index contributed by atoms with van der Waals surface area (Å²) < 4.78 is 5.09. The van der Waals surface area contributed by atoms with Crippen molar-refractivity contribution in [1.82, 2.24) is 4.90 Å². The molecule has 1 unspecified atom stereocenters. The molecule has 0 fully saturated rings. The van der Waals surface area contributed by atoms with Crippen LogP contribution < -0.4 is 5.73 Å². The van der Waals surface area contributed by atoms with Gasteiger partial charge in [0.25, 0.3) is 0 Å². The summed E-state index contributed by atoms with van der Waals surface area (Å²) in [5.74, 6) is -0.0386. The fraction of sp³-hybridized carbons (Fsp3) is 0.462. The molecule has 0 aliphatic heterocycles. The molecule has 0 saturated carbocycles. The van der Waals surface area contributed by atoms with Gasteiger partial charge in [-0.3, -0.25) is 4.79 Å². The highest BCUT2D eigenvalue weighted by molar-refractivity contribution is 6.35. The van der Waals surface area contributed by atoms with Gasteiger partial charge in [0.05, 0.1) is 12.5 Å². The van der Waals surface area contributed by atoms with Gasteiger partial charge in [0, 0.05) is 37.3 Å². The van der Waals surface area contributed by atoms with Crippen LogP contribution in [-0.4, -0.2) is 37.6 Å². The Morgan fingerprint density at radius 1 is 1.47 bits per heavy atom. The molecule has 1 aromatic rings. The monoisotopic (exact) mass is 304 g/mol. The first-order valence-corrected chi connectivity index (χ1v) is 6.64. The molecule has 6 heteroatoms. The summed E-state index contributed by atoms with van der Waals surface area (Å²) in [4.78, 5) is 13.6. The van der Waals surface area contributed by atoms with Crippen LogP contribution in [0.15, 0.2) is 18.2 Å². The van der Waals surface area contributed by atoms with E-state index in [4.69, 9.17) is 33.7 Å². The highest BCUT2D eigenvalue weighted by atomic mass is 35.5. The number of hydrogen-bond acceptors (Lipinski definition) is 3. The number of amides is 1. The van der Waals surface area contributed by atoms with Gasteiger partial charge in [0.2, 0.25) is 5.91 Å². The van der Waals surface area contributed by atoms with Crippen LogP contribution >= 0.6 is 23.2 Å². The normalized spacial score (nSPS) is 12.3. The molecule has 0 radical (unpaired) electrons. The molecule has 0 saturated heterocycles. The van der Waals surface area contributed by atoms with Gasteiger partial charge < -0.3 is 15.4 Å². The van der Waals surface area contributed by atoms with Crippen LogP contribution in [0.4, 0.5) is 0 Å². The van der Waals surface area contributed by atoms with Crippen molar-refractivity contribution < 1.29 is 9.53 Å². The van der Waals surface area contributed by atoms with Crippen LogP contribution in [0.2, 0.25) is 10.0 Å². The number of rotatable bonds is 6. The molecule has 0 aromatic heterocycles. The molecule has 1 rings (SSSR count). The number of benzene rings is 1. The number of halogens is 2. The number of methoxy groups -OCH3 is 1. The number of hydrogen-bond donors (Lipinski definition) is 1. The van der Waals surface area contributed by atoms with Gasteiger partial charge >= 0.3 is 0 Å². The van der Waals surface area contributed by atoms with E-state index >= 15 is 0 Å². The maximum atomic E-state index is 12.0. The zero-order valence-corrected chi connectivity index (χ0v) is 12.5. The van der Waals surface area contributed by atoms with Crippen LogP contribution in [-0.2, 0) is 16.1 Å². The van der Waals surface area contributed by atoms with Gasteiger partial charge in [-0.25, -0.2) is 0 Å². The molecule has 0 bridgehead atoms. The first kappa shape index (κ1) is 16.2. The first-order valence-electron chi connectivity index (χ1n) is 5.88. The van der Waals surface area contributed by atoms with Crippen LogP contribution in [0.5, 0.6) is 0 Å². The Kier molecular flexibility index (Phi) is 6.58. The maximum Gasteiger partial charge on any atom is 0.225 e. The van der Waals surface area contributed by atoms with E-state index in [2.05, 4.69) is 0 Å². The van der Waals surface area contributed by atoms with Gasteiger partial charge in [-0.15, -0.1) is 0 Å². The number of carbonyl (C=O) groups excluding carboxylic acids is 1. The molecule has 106 valence electrons. The van der Waals surface area contributed by atoms with Gasteiger partial charge in [-0.1, -0.05) is 29.3 Å². The fourth-order valence-electron chi connectivity index (χ4n) is 1.61. The molecule has 1 amide bonds. The topological polar surface area (TPSA) is 55.6 Å². The molecular formula is C13H18Cl2N2O2. The van der Waals surface area contributed by atoms with Crippen molar-refractivity contribution in [2.45, 2.75) is 19.1 Å². The van der Waals surface area contributed by atoms with E-state index in [1.54, 1.807) is 31.2 Å². The summed E-state index contributed by atoms with van der Waals surface area (Å²) in [5, 5.41) is 1.12. The van der Waals surface area contributed by atoms with Crippen LogP contribution in [0.25, 0.3) is 0 Å². The summed E-state index contributed by atoms with van der Waals surface area (Å²) in [5.41, 5.74) is 6.34. The second-order valence-electron chi connectivity index (χ2n) is 4.28. The molecule has 0 aliphatic rings. The second kappa shape index (κ2) is 7.70. The Morgan fingerprint density at radius 3 is 2.68 bits per heavy atom. The summed E-state index contributed by atoms with van der Waals surface area (Å²) in [6.45, 7) is 0.744. The minimum Gasteiger partial charge on any atom is -0.380 e. The minimum absolute atomic E-state index is 0.0386. The SMILES string of the molecule is COC(CN)CC(=O)N(C)Cc1ccc(Cl)cc1Cl.